The van der Waals surface area contributed by atoms with E-state index < -0.39 is 0 Å². The van der Waals surface area contributed by atoms with Crippen LogP contribution in [0.2, 0.25) is 0 Å². The molecule has 4 atom stereocenters. The van der Waals surface area contributed by atoms with E-state index in [1.54, 1.807) is 32.9 Å². The van der Waals surface area contributed by atoms with Gasteiger partial charge in [0.25, 0.3) is 0 Å². The van der Waals surface area contributed by atoms with Gasteiger partial charge in [-0.1, -0.05) is 29.2 Å². The molecule has 0 aliphatic carbocycles. The maximum Gasteiger partial charge on any atom is 0.0148 e. The maximum absolute atomic E-state index is 2.50. The van der Waals surface area contributed by atoms with Crippen molar-refractivity contribution in [2.24, 2.45) is 11.3 Å². The Morgan fingerprint density at radius 2 is 1.48 bits per heavy atom. The van der Waals surface area contributed by atoms with Gasteiger partial charge < -0.3 is 0 Å². The standard InChI is InChI=1S/C19H26P2/c1-10-14(5)20-8-16(10)11(2)17(20)18-13(4)19(7)9-21(18)15(6)12(19)3/h16H,8-9H2,1-7H3/t16-,19-,20+,21+/m1/s1. The molecule has 0 saturated heterocycles. The first-order valence-electron chi connectivity index (χ1n) is 8.12. The SMILES string of the molecule is CC1=C(C)[P@]2C[C@H]1C(C)=C2C1=C(C)[C@]2(C)C[P@@]1C(C)=C2C. The van der Waals surface area contributed by atoms with Gasteiger partial charge in [-0.05, 0) is 91.0 Å². The molecule has 4 aliphatic heterocycles. The Bertz CT molecular complexity index is 701. The molecule has 4 heterocycles. The summed E-state index contributed by atoms with van der Waals surface area (Å²) in [6, 6.07) is 0. The molecule has 0 aromatic heterocycles. The first kappa shape index (κ1) is 14.4. The number of allylic oxidation sites excluding steroid dienone is 8. The van der Waals surface area contributed by atoms with Gasteiger partial charge in [0, 0.05) is 11.3 Å². The Morgan fingerprint density at radius 3 is 2.05 bits per heavy atom. The molecule has 4 bridgehead atoms. The van der Waals surface area contributed by atoms with Gasteiger partial charge in [-0.3, -0.25) is 0 Å². The lowest BCUT2D eigenvalue weighted by molar-refractivity contribution is 0.561. The van der Waals surface area contributed by atoms with Crippen LogP contribution >= 0.6 is 15.8 Å². The molecule has 0 N–H and O–H groups in total. The zero-order chi connectivity index (χ0) is 15.3. The summed E-state index contributed by atoms with van der Waals surface area (Å²) in [5.74, 6) is 0.792. The summed E-state index contributed by atoms with van der Waals surface area (Å²) >= 11 is 0. The van der Waals surface area contributed by atoms with Gasteiger partial charge in [0.15, 0.2) is 0 Å². The molecule has 0 fully saturated rings. The van der Waals surface area contributed by atoms with Crippen LogP contribution in [0.5, 0.6) is 0 Å². The summed E-state index contributed by atoms with van der Waals surface area (Å²) < 4.78 is 0. The van der Waals surface area contributed by atoms with Crippen LogP contribution in [0.3, 0.4) is 0 Å². The van der Waals surface area contributed by atoms with Crippen molar-refractivity contribution in [3.05, 3.63) is 43.5 Å². The van der Waals surface area contributed by atoms with E-state index in [4.69, 9.17) is 0 Å². The lowest BCUT2D eigenvalue weighted by Gasteiger charge is -2.31. The second-order valence-electron chi connectivity index (χ2n) is 7.57. The Kier molecular flexibility index (Phi) is 2.89. The molecule has 21 heavy (non-hydrogen) atoms. The second-order valence-corrected chi connectivity index (χ2v) is 12.2. The van der Waals surface area contributed by atoms with E-state index in [9.17, 15) is 0 Å². The highest BCUT2D eigenvalue weighted by molar-refractivity contribution is 7.73. The lowest BCUT2D eigenvalue weighted by Crippen LogP contribution is -2.17. The van der Waals surface area contributed by atoms with Crippen molar-refractivity contribution in [3.63, 3.8) is 0 Å². The van der Waals surface area contributed by atoms with E-state index >= 15 is 0 Å². The fourth-order valence-electron chi connectivity index (χ4n) is 4.91. The Hall–Kier alpha value is -0.180. The minimum Gasteiger partial charge on any atom is -0.0620 e. The third kappa shape index (κ3) is 1.50. The molecule has 2 heteroatoms. The number of rotatable bonds is 1. The fourth-order valence-corrected chi connectivity index (χ4v) is 12.5. The zero-order valence-corrected chi connectivity index (χ0v) is 16.2. The average molecular weight is 316 g/mol. The molecular formula is C19H26P2. The van der Waals surface area contributed by atoms with Crippen molar-refractivity contribution in [1.29, 1.82) is 0 Å². The number of fused-ring (bicyclic) bond motifs is 4. The minimum absolute atomic E-state index is 0.00854. The normalized spacial score (nSPS) is 41.6. The predicted octanol–water partition coefficient (Wildman–Crippen LogP) is 6.76. The Morgan fingerprint density at radius 1 is 0.810 bits per heavy atom. The molecule has 0 nitrogen and oxygen atoms in total. The van der Waals surface area contributed by atoms with Gasteiger partial charge in [-0.2, -0.15) is 0 Å². The molecule has 0 unspecified atom stereocenters. The van der Waals surface area contributed by atoms with Crippen molar-refractivity contribution in [1.82, 2.24) is 0 Å². The van der Waals surface area contributed by atoms with E-state index in [-0.39, 0.29) is 15.8 Å². The van der Waals surface area contributed by atoms with Gasteiger partial charge in [-0.15, -0.1) is 0 Å². The molecule has 4 rings (SSSR count). The van der Waals surface area contributed by atoms with E-state index in [1.165, 1.54) is 12.3 Å². The van der Waals surface area contributed by atoms with Gasteiger partial charge in [0.1, 0.15) is 0 Å². The van der Waals surface area contributed by atoms with Gasteiger partial charge >= 0.3 is 0 Å². The minimum atomic E-state index is -0.00854. The van der Waals surface area contributed by atoms with E-state index in [2.05, 4.69) is 48.5 Å². The summed E-state index contributed by atoms with van der Waals surface area (Å²) in [7, 11) is 0.00915. The quantitative estimate of drug-likeness (QED) is 0.469. The van der Waals surface area contributed by atoms with Crippen LogP contribution in [-0.2, 0) is 0 Å². The topological polar surface area (TPSA) is 0 Å². The Labute approximate surface area is 132 Å². The fraction of sp³-hybridized carbons (Fsp3) is 0.579. The highest BCUT2D eigenvalue weighted by Crippen LogP contribution is 2.81. The van der Waals surface area contributed by atoms with Crippen LogP contribution in [0.25, 0.3) is 0 Å². The van der Waals surface area contributed by atoms with E-state index in [1.807, 2.05) is 10.6 Å². The molecule has 0 aromatic rings. The highest BCUT2D eigenvalue weighted by Gasteiger charge is 2.52. The largest absolute Gasteiger partial charge is 0.0620 e. The van der Waals surface area contributed by atoms with Gasteiger partial charge in [0.2, 0.25) is 0 Å². The Balaban J connectivity index is 1.86. The third-order valence-electron chi connectivity index (χ3n) is 6.96. The van der Waals surface area contributed by atoms with Crippen LogP contribution in [0.4, 0.5) is 0 Å². The monoisotopic (exact) mass is 316 g/mol. The summed E-state index contributed by atoms with van der Waals surface area (Å²) in [5, 5.41) is 7.18. The molecule has 4 aliphatic rings. The summed E-state index contributed by atoms with van der Waals surface area (Å²) in [6.45, 7) is 17.0. The lowest BCUT2D eigenvalue weighted by atomic mass is 9.78. The van der Waals surface area contributed by atoms with Crippen molar-refractivity contribution in [2.75, 3.05) is 12.3 Å². The average Bonchev–Trinajstić information content (AvgIpc) is 3.07. The van der Waals surface area contributed by atoms with Gasteiger partial charge in [-0.25, -0.2) is 0 Å². The molecule has 0 aromatic carbocycles. The predicted molar refractivity (Wildman–Crippen MR) is 97.3 cm³/mol. The summed E-state index contributed by atoms with van der Waals surface area (Å²) in [4.78, 5) is 0. The zero-order valence-electron chi connectivity index (χ0n) is 14.4. The second kappa shape index (κ2) is 4.21. The van der Waals surface area contributed by atoms with Crippen molar-refractivity contribution in [2.45, 2.75) is 48.5 Å². The highest BCUT2D eigenvalue weighted by atomic mass is 31.1. The van der Waals surface area contributed by atoms with Gasteiger partial charge in [0.05, 0.1) is 0 Å². The molecule has 0 amide bonds. The summed E-state index contributed by atoms with van der Waals surface area (Å²) in [6.07, 6.45) is 2.85. The molecular weight excluding hydrogens is 290 g/mol. The first-order chi connectivity index (χ1) is 9.79. The molecule has 0 saturated carbocycles. The van der Waals surface area contributed by atoms with Crippen molar-refractivity contribution < 1.29 is 0 Å². The van der Waals surface area contributed by atoms with Crippen LogP contribution in [-0.4, -0.2) is 12.3 Å². The third-order valence-corrected chi connectivity index (χ3v) is 13.3. The van der Waals surface area contributed by atoms with E-state index in [0.717, 1.165) is 5.92 Å². The van der Waals surface area contributed by atoms with Crippen molar-refractivity contribution >= 4 is 15.8 Å². The van der Waals surface area contributed by atoms with E-state index in [0.29, 0.717) is 5.41 Å². The number of hydrogen-bond donors (Lipinski definition) is 0. The molecule has 0 spiro atoms. The summed E-state index contributed by atoms with van der Waals surface area (Å²) in [5.41, 5.74) is 7.25. The molecule has 112 valence electrons. The number of hydrogen-bond acceptors (Lipinski definition) is 0. The smallest absolute Gasteiger partial charge is 0.0148 e. The molecule has 0 radical (unpaired) electrons. The van der Waals surface area contributed by atoms with Crippen LogP contribution in [0.1, 0.15) is 48.5 Å². The van der Waals surface area contributed by atoms with Crippen LogP contribution in [0, 0.1) is 11.3 Å². The van der Waals surface area contributed by atoms with Crippen LogP contribution in [0.15, 0.2) is 43.5 Å². The first-order valence-corrected chi connectivity index (χ1v) is 11.2. The maximum atomic E-state index is 2.50. The van der Waals surface area contributed by atoms with Crippen LogP contribution < -0.4 is 0 Å². The van der Waals surface area contributed by atoms with Crippen molar-refractivity contribution in [3.8, 4) is 0 Å².